The fourth-order valence-electron chi connectivity index (χ4n) is 2.44. The number of ether oxygens (including phenoxy) is 1. The van der Waals surface area contributed by atoms with E-state index in [0.717, 1.165) is 32.8 Å². The summed E-state index contributed by atoms with van der Waals surface area (Å²) in [5, 5.41) is 4.24. The van der Waals surface area contributed by atoms with Crippen LogP contribution in [0.2, 0.25) is 0 Å². The van der Waals surface area contributed by atoms with Crippen molar-refractivity contribution in [2.75, 3.05) is 19.7 Å². The first-order valence-corrected chi connectivity index (χ1v) is 7.48. The van der Waals surface area contributed by atoms with Crippen LogP contribution >= 0.6 is 11.3 Å². The fraction of sp³-hybridized carbons (Fsp3) is 0.462. The second-order valence-electron chi connectivity index (χ2n) is 4.97. The molecule has 2 aromatic heterocycles. The SMILES string of the molecule is Bc1ccc(CN2CCOC(Cn3cccn3)C2)s1. The largest absolute Gasteiger partial charge is 0.374 e. The normalized spacial score (nSPS) is 20.7. The van der Waals surface area contributed by atoms with E-state index in [-0.39, 0.29) is 6.10 Å². The van der Waals surface area contributed by atoms with E-state index in [1.807, 2.05) is 34.5 Å². The maximum absolute atomic E-state index is 5.83. The average Bonchev–Trinajstić information content (AvgIpc) is 3.02. The Morgan fingerprint density at radius 2 is 2.42 bits per heavy atom. The van der Waals surface area contributed by atoms with Crippen LogP contribution in [0.5, 0.6) is 0 Å². The monoisotopic (exact) mass is 275 g/mol. The third-order valence-corrected chi connectivity index (χ3v) is 4.33. The van der Waals surface area contributed by atoms with Crippen molar-refractivity contribution in [1.29, 1.82) is 0 Å². The Morgan fingerprint density at radius 3 is 3.16 bits per heavy atom. The molecule has 0 amide bonds. The summed E-state index contributed by atoms with van der Waals surface area (Å²) in [5.41, 5.74) is 0. The standard InChI is InChI=1S/C13H18BN3OS/c14-13-3-2-12(19-13)10-16-6-7-18-11(8-16)9-17-5-1-4-15-17/h1-5,11H,6-10,14H2. The van der Waals surface area contributed by atoms with Gasteiger partial charge in [-0.3, -0.25) is 9.58 Å². The Balaban J connectivity index is 1.55. The Kier molecular flexibility index (Phi) is 4.01. The highest BCUT2D eigenvalue weighted by atomic mass is 32.1. The summed E-state index contributed by atoms with van der Waals surface area (Å²) in [6, 6.07) is 6.38. The molecule has 1 aliphatic heterocycles. The first-order valence-electron chi connectivity index (χ1n) is 6.66. The number of hydrogen-bond acceptors (Lipinski definition) is 4. The van der Waals surface area contributed by atoms with Gasteiger partial charge in [0.15, 0.2) is 7.85 Å². The second-order valence-corrected chi connectivity index (χ2v) is 6.34. The van der Waals surface area contributed by atoms with E-state index in [1.54, 1.807) is 0 Å². The van der Waals surface area contributed by atoms with Crippen LogP contribution < -0.4 is 4.78 Å². The third kappa shape index (κ3) is 3.46. The Hall–Kier alpha value is -1.11. The molecule has 3 heterocycles. The Morgan fingerprint density at radius 1 is 1.47 bits per heavy atom. The van der Waals surface area contributed by atoms with E-state index in [4.69, 9.17) is 4.74 Å². The zero-order valence-corrected chi connectivity index (χ0v) is 12.0. The molecule has 1 atom stereocenters. The molecule has 0 radical (unpaired) electrons. The lowest BCUT2D eigenvalue weighted by atomic mass is 10.1. The molecule has 0 N–H and O–H groups in total. The van der Waals surface area contributed by atoms with Crippen LogP contribution in [0, 0.1) is 0 Å². The summed E-state index contributed by atoms with van der Waals surface area (Å²) in [6.07, 6.45) is 4.05. The smallest absolute Gasteiger partial charge is 0.152 e. The number of aromatic nitrogens is 2. The zero-order valence-electron chi connectivity index (χ0n) is 11.2. The Labute approximate surface area is 118 Å². The van der Waals surface area contributed by atoms with Crippen LogP contribution in [0.4, 0.5) is 0 Å². The minimum atomic E-state index is 0.245. The van der Waals surface area contributed by atoms with Crippen LogP contribution in [-0.4, -0.2) is 48.3 Å². The maximum atomic E-state index is 5.83. The van der Waals surface area contributed by atoms with Gasteiger partial charge < -0.3 is 4.74 Å². The van der Waals surface area contributed by atoms with E-state index in [2.05, 4.69) is 30.0 Å². The van der Waals surface area contributed by atoms with Gasteiger partial charge in [-0.05, 0) is 16.9 Å². The van der Waals surface area contributed by atoms with Gasteiger partial charge in [0.25, 0.3) is 0 Å². The lowest BCUT2D eigenvalue weighted by molar-refractivity contribution is -0.0399. The van der Waals surface area contributed by atoms with Crippen LogP contribution in [0.3, 0.4) is 0 Å². The maximum Gasteiger partial charge on any atom is 0.152 e. The predicted octanol–water partition coefficient (Wildman–Crippen LogP) is 0.104. The van der Waals surface area contributed by atoms with Crippen molar-refractivity contribution in [1.82, 2.24) is 14.7 Å². The molecule has 0 aromatic carbocycles. The van der Waals surface area contributed by atoms with E-state index in [9.17, 15) is 0 Å². The molecular formula is C13H18BN3OS. The van der Waals surface area contributed by atoms with Crippen molar-refractivity contribution < 1.29 is 4.74 Å². The summed E-state index contributed by atoms with van der Waals surface area (Å²) in [6.45, 7) is 4.70. The van der Waals surface area contributed by atoms with Gasteiger partial charge in [-0.25, -0.2) is 0 Å². The summed E-state index contributed by atoms with van der Waals surface area (Å²) >= 11 is 1.89. The van der Waals surface area contributed by atoms with Gasteiger partial charge in [0.2, 0.25) is 0 Å². The Bertz CT molecular complexity index is 514. The molecule has 1 unspecified atom stereocenters. The average molecular weight is 275 g/mol. The molecule has 2 aromatic rings. The van der Waals surface area contributed by atoms with Crippen LogP contribution in [-0.2, 0) is 17.8 Å². The minimum absolute atomic E-state index is 0.245. The van der Waals surface area contributed by atoms with Gasteiger partial charge >= 0.3 is 0 Å². The van der Waals surface area contributed by atoms with Crippen LogP contribution in [0.1, 0.15) is 4.88 Å². The van der Waals surface area contributed by atoms with Crippen LogP contribution in [0.15, 0.2) is 30.6 Å². The van der Waals surface area contributed by atoms with Gasteiger partial charge in [-0.15, -0.1) is 0 Å². The van der Waals surface area contributed by atoms with E-state index < -0.39 is 0 Å². The number of hydrogen-bond donors (Lipinski definition) is 0. The van der Waals surface area contributed by atoms with E-state index >= 15 is 0 Å². The molecule has 1 fully saturated rings. The molecule has 0 spiro atoms. The van der Waals surface area contributed by atoms with E-state index in [0.29, 0.717) is 0 Å². The van der Waals surface area contributed by atoms with Gasteiger partial charge in [-0.1, -0.05) is 6.07 Å². The molecule has 100 valence electrons. The molecule has 0 aliphatic carbocycles. The summed E-state index contributed by atoms with van der Waals surface area (Å²) in [5.74, 6) is 0. The second kappa shape index (κ2) is 5.90. The molecule has 3 rings (SSSR count). The van der Waals surface area contributed by atoms with Crippen molar-refractivity contribution in [2.24, 2.45) is 0 Å². The number of rotatable bonds is 4. The summed E-state index contributed by atoms with van der Waals surface area (Å²) in [4.78, 5) is 3.92. The first-order chi connectivity index (χ1) is 9.29. The summed E-state index contributed by atoms with van der Waals surface area (Å²) < 4.78 is 9.16. The highest BCUT2D eigenvalue weighted by Gasteiger charge is 2.21. The topological polar surface area (TPSA) is 30.3 Å². The highest BCUT2D eigenvalue weighted by molar-refractivity contribution is 7.20. The van der Waals surface area contributed by atoms with Gasteiger partial charge in [0.05, 0.1) is 19.3 Å². The van der Waals surface area contributed by atoms with Gasteiger partial charge in [0, 0.05) is 36.9 Å². The van der Waals surface area contributed by atoms with Crippen molar-refractivity contribution in [3.05, 3.63) is 35.5 Å². The molecule has 4 nitrogen and oxygen atoms in total. The molecule has 1 aliphatic rings. The quantitative estimate of drug-likeness (QED) is 0.742. The fourth-order valence-corrected chi connectivity index (χ4v) is 3.37. The summed E-state index contributed by atoms with van der Waals surface area (Å²) in [7, 11) is 2.16. The first kappa shape index (κ1) is 12.9. The lowest BCUT2D eigenvalue weighted by Gasteiger charge is -2.32. The van der Waals surface area contributed by atoms with Crippen molar-refractivity contribution in [2.45, 2.75) is 19.2 Å². The third-order valence-electron chi connectivity index (χ3n) is 3.35. The van der Waals surface area contributed by atoms with Crippen molar-refractivity contribution in [3.8, 4) is 0 Å². The minimum Gasteiger partial charge on any atom is -0.374 e. The molecule has 0 saturated carbocycles. The molecule has 0 bridgehead atoms. The number of nitrogens with zero attached hydrogens (tertiary/aromatic N) is 3. The number of thiophene rings is 1. The van der Waals surface area contributed by atoms with Crippen LogP contribution in [0.25, 0.3) is 0 Å². The van der Waals surface area contributed by atoms with Gasteiger partial charge in [-0.2, -0.15) is 16.4 Å². The molecule has 1 saturated heterocycles. The predicted molar refractivity (Wildman–Crippen MR) is 79.7 cm³/mol. The lowest BCUT2D eigenvalue weighted by Crippen LogP contribution is -2.43. The zero-order chi connectivity index (χ0) is 13.1. The van der Waals surface area contributed by atoms with Crippen molar-refractivity contribution in [3.63, 3.8) is 0 Å². The van der Waals surface area contributed by atoms with E-state index in [1.165, 1.54) is 9.65 Å². The molecule has 19 heavy (non-hydrogen) atoms. The highest BCUT2D eigenvalue weighted by Crippen LogP contribution is 2.14. The molecule has 6 heteroatoms. The van der Waals surface area contributed by atoms with Gasteiger partial charge in [0.1, 0.15) is 0 Å². The number of morpholine rings is 1. The molecular weight excluding hydrogens is 257 g/mol. The van der Waals surface area contributed by atoms with Crippen molar-refractivity contribution >= 4 is 24.0 Å².